The minimum atomic E-state index is -1.59. The number of carbonyl (C=O) groups excluding carboxylic acids is 2. The highest BCUT2D eigenvalue weighted by Crippen LogP contribution is 2.47. The van der Waals surface area contributed by atoms with E-state index in [2.05, 4.69) is 0 Å². The summed E-state index contributed by atoms with van der Waals surface area (Å²) in [5.74, 6) is -0.563. The normalized spacial score (nSPS) is 14.1. The summed E-state index contributed by atoms with van der Waals surface area (Å²) in [6.07, 6.45) is 0.697. The third-order valence-electron chi connectivity index (χ3n) is 5.81. The third-order valence-corrected chi connectivity index (χ3v) is 6.04. The van der Waals surface area contributed by atoms with Crippen LogP contribution in [0.25, 0.3) is 22.0 Å². The molecule has 3 aromatic rings. The van der Waals surface area contributed by atoms with Crippen LogP contribution in [-0.2, 0) is 30.9 Å². The molecule has 1 aliphatic rings. The van der Waals surface area contributed by atoms with Crippen LogP contribution in [0.1, 0.15) is 31.5 Å². The Labute approximate surface area is 191 Å². The van der Waals surface area contributed by atoms with Crippen LogP contribution in [0.3, 0.4) is 0 Å². The number of benzene rings is 2. The summed E-state index contributed by atoms with van der Waals surface area (Å²) < 4.78 is 16.1. The first-order valence-corrected chi connectivity index (χ1v) is 11.0. The van der Waals surface area contributed by atoms with Gasteiger partial charge in [-0.15, -0.1) is 0 Å². The first kappa shape index (κ1) is 22.1. The lowest BCUT2D eigenvalue weighted by Crippen LogP contribution is -2.45. The van der Waals surface area contributed by atoms with E-state index in [0.717, 1.165) is 22.1 Å². The van der Waals surface area contributed by atoms with E-state index in [9.17, 15) is 9.59 Å². The van der Waals surface area contributed by atoms with Crippen LogP contribution < -0.4 is 4.74 Å². The zero-order chi connectivity index (χ0) is 22.9. The monoisotopic (exact) mass is 453 g/mol. The Morgan fingerprint density at radius 1 is 1.06 bits per heavy atom. The van der Waals surface area contributed by atoms with Crippen molar-refractivity contribution in [2.45, 2.75) is 32.1 Å². The Morgan fingerprint density at radius 2 is 1.78 bits per heavy atom. The van der Waals surface area contributed by atoms with Crippen LogP contribution in [0, 0.1) is 0 Å². The molecule has 0 saturated carbocycles. The lowest BCUT2D eigenvalue weighted by Gasteiger charge is -2.25. The first-order chi connectivity index (χ1) is 15.5. The van der Waals surface area contributed by atoms with Gasteiger partial charge in [0.25, 0.3) is 0 Å². The fraction of sp³-hybridized carbons (Fsp3) is 0.320. The van der Waals surface area contributed by atoms with Crippen molar-refractivity contribution < 1.29 is 23.8 Å². The number of ether oxygens (including phenoxy) is 3. The predicted molar refractivity (Wildman–Crippen MR) is 122 cm³/mol. The van der Waals surface area contributed by atoms with E-state index < -0.39 is 17.4 Å². The van der Waals surface area contributed by atoms with Crippen molar-refractivity contribution >= 4 is 34.4 Å². The highest BCUT2D eigenvalue weighted by Gasteiger charge is 2.56. The predicted octanol–water partition coefficient (Wildman–Crippen LogP) is 4.87. The number of methoxy groups -OCH3 is 1. The van der Waals surface area contributed by atoms with Gasteiger partial charge in [-0.05, 0) is 73.7 Å². The highest BCUT2D eigenvalue weighted by molar-refractivity contribution is 6.31. The van der Waals surface area contributed by atoms with Crippen molar-refractivity contribution in [2.75, 3.05) is 20.3 Å². The molecule has 0 fully saturated rings. The maximum atomic E-state index is 13.2. The topological polar surface area (TPSA) is 74.7 Å². The molecule has 0 atom stereocenters. The molecule has 4 rings (SSSR count). The number of pyridine rings is 1. The average molecular weight is 454 g/mol. The van der Waals surface area contributed by atoms with Gasteiger partial charge in [0.1, 0.15) is 5.75 Å². The largest absolute Gasteiger partial charge is 0.497 e. The van der Waals surface area contributed by atoms with Crippen molar-refractivity contribution in [1.29, 1.82) is 0 Å². The third kappa shape index (κ3) is 3.48. The summed E-state index contributed by atoms with van der Waals surface area (Å²) in [4.78, 5) is 31.2. The van der Waals surface area contributed by atoms with Crippen LogP contribution in [0.4, 0.5) is 0 Å². The molecule has 0 radical (unpaired) electrons. The van der Waals surface area contributed by atoms with Gasteiger partial charge in [0.05, 0.1) is 31.5 Å². The summed E-state index contributed by atoms with van der Waals surface area (Å²) in [7, 11) is 1.61. The molecule has 0 amide bonds. The van der Waals surface area contributed by atoms with Crippen molar-refractivity contribution in [3.63, 3.8) is 0 Å². The molecule has 2 aromatic carbocycles. The molecule has 32 heavy (non-hydrogen) atoms. The Bertz CT molecular complexity index is 1190. The van der Waals surface area contributed by atoms with Crippen molar-refractivity contribution in [2.24, 2.45) is 0 Å². The molecule has 1 heterocycles. The van der Waals surface area contributed by atoms with Gasteiger partial charge in [-0.2, -0.15) is 0 Å². The molecule has 0 aliphatic heterocycles. The van der Waals surface area contributed by atoms with E-state index in [1.54, 1.807) is 33.1 Å². The lowest BCUT2D eigenvalue weighted by atomic mass is 9.84. The second kappa shape index (κ2) is 8.79. The number of hydrogen-bond acceptors (Lipinski definition) is 6. The Morgan fingerprint density at radius 3 is 2.44 bits per heavy atom. The molecule has 0 bridgehead atoms. The SMILES string of the molecule is CCOC(=O)C1(C(=O)OCC)CCc2c1nc1ccc(Cl)cc1c2-c1cccc(OC)c1. The molecule has 0 saturated heterocycles. The summed E-state index contributed by atoms with van der Waals surface area (Å²) in [5, 5.41) is 1.41. The molecule has 0 spiro atoms. The minimum absolute atomic E-state index is 0.154. The summed E-state index contributed by atoms with van der Waals surface area (Å²) >= 11 is 6.33. The fourth-order valence-corrected chi connectivity index (χ4v) is 4.57. The van der Waals surface area contributed by atoms with E-state index in [1.807, 2.05) is 30.3 Å². The Kier molecular flexibility index (Phi) is 6.07. The second-order valence-electron chi connectivity index (χ2n) is 7.55. The van der Waals surface area contributed by atoms with Crippen LogP contribution in [0.2, 0.25) is 5.02 Å². The van der Waals surface area contributed by atoms with Crippen LogP contribution in [-0.4, -0.2) is 37.2 Å². The molecular weight excluding hydrogens is 430 g/mol. The number of nitrogens with zero attached hydrogens (tertiary/aromatic N) is 1. The average Bonchev–Trinajstić information content (AvgIpc) is 3.18. The van der Waals surface area contributed by atoms with Gasteiger partial charge in [-0.1, -0.05) is 23.7 Å². The molecule has 1 aliphatic carbocycles. The molecular formula is C25H24ClNO5. The summed E-state index contributed by atoms with van der Waals surface area (Å²) in [6, 6.07) is 13.0. The van der Waals surface area contributed by atoms with E-state index in [1.165, 1.54) is 0 Å². The molecule has 6 nitrogen and oxygen atoms in total. The number of rotatable bonds is 6. The van der Waals surface area contributed by atoms with Gasteiger partial charge in [0.2, 0.25) is 5.41 Å². The second-order valence-corrected chi connectivity index (χ2v) is 7.99. The van der Waals surface area contributed by atoms with Crippen LogP contribution >= 0.6 is 11.6 Å². The quantitative estimate of drug-likeness (QED) is 0.391. The zero-order valence-corrected chi connectivity index (χ0v) is 19.0. The number of fused-ring (bicyclic) bond motifs is 2. The van der Waals surface area contributed by atoms with Gasteiger partial charge < -0.3 is 14.2 Å². The van der Waals surface area contributed by atoms with Crippen molar-refractivity contribution in [1.82, 2.24) is 4.98 Å². The smallest absolute Gasteiger partial charge is 0.329 e. The lowest BCUT2D eigenvalue weighted by molar-refractivity contribution is -0.165. The Balaban J connectivity index is 2.06. The van der Waals surface area contributed by atoms with Gasteiger partial charge >= 0.3 is 11.9 Å². The zero-order valence-electron chi connectivity index (χ0n) is 18.2. The maximum absolute atomic E-state index is 13.2. The van der Waals surface area contributed by atoms with Crippen LogP contribution in [0.5, 0.6) is 5.75 Å². The molecule has 0 N–H and O–H groups in total. The number of aromatic nitrogens is 1. The molecule has 7 heteroatoms. The summed E-state index contributed by atoms with van der Waals surface area (Å²) in [5.41, 5.74) is 2.01. The Hall–Kier alpha value is -3.12. The highest BCUT2D eigenvalue weighted by atomic mass is 35.5. The fourth-order valence-electron chi connectivity index (χ4n) is 4.40. The standard InChI is InChI=1S/C25H24ClNO5/c1-4-31-23(28)25(24(29)32-5-2)12-11-18-21(15-7-6-8-17(13-15)30-3)19-14-16(26)9-10-20(19)27-22(18)25/h6-10,13-14H,4-5,11-12H2,1-3H3. The number of esters is 2. The van der Waals surface area contributed by atoms with Crippen molar-refractivity contribution in [3.8, 4) is 16.9 Å². The number of halogens is 1. The number of carbonyl (C=O) groups is 2. The van der Waals surface area contributed by atoms with Crippen molar-refractivity contribution in [3.05, 3.63) is 58.7 Å². The molecule has 166 valence electrons. The van der Waals surface area contributed by atoms with Gasteiger partial charge in [0.15, 0.2) is 0 Å². The maximum Gasteiger partial charge on any atom is 0.329 e. The van der Waals surface area contributed by atoms with E-state index in [4.69, 9.17) is 30.8 Å². The van der Waals surface area contributed by atoms with E-state index >= 15 is 0 Å². The summed E-state index contributed by atoms with van der Waals surface area (Å²) in [6.45, 7) is 3.73. The minimum Gasteiger partial charge on any atom is -0.497 e. The molecule has 0 unspecified atom stereocenters. The van der Waals surface area contributed by atoms with Gasteiger partial charge in [0, 0.05) is 10.4 Å². The van der Waals surface area contributed by atoms with E-state index in [-0.39, 0.29) is 19.6 Å². The van der Waals surface area contributed by atoms with Gasteiger partial charge in [-0.25, -0.2) is 0 Å². The first-order valence-electron chi connectivity index (χ1n) is 10.6. The molecule has 1 aromatic heterocycles. The van der Waals surface area contributed by atoms with Gasteiger partial charge in [-0.3, -0.25) is 14.6 Å². The number of hydrogen-bond donors (Lipinski definition) is 0. The van der Waals surface area contributed by atoms with E-state index in [0.29, 0.717) is 28.4 Å². The van der Waals surface area contributed by atoms with Crippen LogP contribution in [0.15, 0.2) is 42.5 Å².